The molecule has 86 valence electrons. The molecule has 0 saturated heterocycles. The van der Waals surface area contributed by atoms with Gasteiger partial charge >= 0.3 is 5.97 Å². The smallest absolute Gasteiger partial charge is 0.320 e. The van der Waals surface area contributed by atoms with Crippen molar-refractivity contribution in [1.29, 1.82) is 0 Å². The lowest BCUT2D eigenvalue weighted by Gasteiger charge is -2.12. The highest BCUT2D eigenvalue weighted by Gasteiger charge is 2.27. The quantitative estimate of drug-likeness (QED) is 0.802. The van der Waals surface area contributed by atoms with Crippen molar-refractivity contribution < 1.29 is 19.0 Å². The van der Waals surface area contributed by atoms with E-state index in [-0.39, 0.29) is 18.3 Å². The second-order valence-electron chi connectivity index (χ2n) is 3.88. The van der Waals surface area contributed by atoms with Gasteiger partial charge in [-0.15, -0.1) is 0 Å². The number of hydrogen-bond acceptors (Lipinski definition) is 3. The molecule has 1 aromatic carbocycles. The van der Waals surface area contributed by atoms with Crippen LogP contribution in [0.25, 0.3) is 0 Å². The lowest BCUT2D eigenvalue weighted by molar-refractivity contribution is -0.139. The minimum atomic E-state index is -1.05. The maximum absolute atomic E-state index is 12.9. The summed E-state index contributed by atoms with van der Waals surface area (Å²) in [6.07, 6.45) is 0.461. The van der Waals surface area contributed by atoms with Crippen molar-refractivity contribution >= 4 is 5.97 Å². The van der Waals surface area contributed by atoms with Crippen LogP contribution < -0.4 is 10.5 Å². The summed E-state index contributed by atoms with van der Waals surface area (Å²) in [5.74, 6) is -0.750. The summed E-state index contributed by atoms with van der Waals surface area (Å²) in [5.41, 5.74) is 6.17. The Morgan fingerprint density at radius 2 is 2.44 bits per heavy atom. The minimum Gasteiger partial charge on any atom is -0.490 e. The zero-order valence-corrected chi connectivity index (χ0v) is 8.52. The van der Waals surface area contributed by atoms with Crippen molar-refractivity contribution in [3.05, 3.63) is 29.6 Å². The van der Waals surface area contributed by atoms with E-state index in [0.29, 0.717) is 12.2 Å². The van der Waals surface area contributed by atoms with E-state index in [1.54, 1.807) is 6.07 Å². The zero-order valence-electron chi connectivity index (χ0n) is 8.52. The van der Waals surface area contributed by atoms with E-state index in [0.717, 1.165) is 5.56 Å². The van der Waals surface area contributed by atoms with Gasteiger partial charge in [-0.25, -0.2) is 4.39 Å². The van der Waals surface area contributed by atoms with Crippen molar-refractivity contribution in [3.8, 4) is 5.75 Å². The lowest BCUT2D eigenvalue weighted by atomic mass is 10.0. The van der Waals surface area contributed by atoms with E-state index in [1.807, 2.05) is 0 Å². The van der Waals surface area contributed by atoms with Crippen molar-refractivity contribution in [2.75, 3.05) is 0 Å². The highest BCUT2D eigenvalue weighted by atomic mass is 19.1. The summed E-state index contributed by atoms with van der Waals surface area (Å²) in [5, 5.41) is 8.66. The largest absolute Gasteiger partial charge is 0.490 e. The molecule has 1 aliphatic rings. The first-order valence-corrected chi connectivity index (χ1v) is 4.99. The molecule has 0 radical (unpaired) electrons. The van der Waals surface area contributed by atoms with Crippen molar-refractivity contribution in [2.24, 2.45) is 5.73 Å². The Balaban J connectivity index is 2.03. The van der Waals surface area contributed by atoms with Crippen LogP contribution in [0.5, 0.6) is 5.75 Å². The third-order valence-corrected chi connectivity index (χ3v) is 2.60. The number of carboxylic acids is 1. The molecule has 1 heterocycles. The molecule has 0 saturated carbocycles. The van der Waals surface area contributed by atoms with Crippen molar-refractivity contribution in [1.82, 2.24) is 0 Å². The maximum Gasteiger partial charge on any atom is 0.320 e. The third kappa shape index (κ3) is 2.14. The Hall–Kier alpha value is -1.62. The number of hydrogen-bond donors (Lipinski definition) is 2. The molecule has 2 rings (SSSR count). The SMILES string of the molecule is N[C@@H](CC1Cc2cc(F)ccc2O1)C(=O)O. The van der Waals surface area contributed by atoms with E-state index >= 15 is 0 Å². The Bertz CT molecular complexity index is 422. The van der Waals surface area contributed by atoms with Crippen LogP contribution in [-0.4, -0.2) is 23.2 Å². The zero-order chi connectivity index (χ0) is 11.7. The topological polar surface area (TPSA) is 72.5 Å². The summed E-state index contributed by atoms with van der Waals surface area (Å²) in [6.45, 7) is 0. The molecular formula is C11H12FNO3. The monoisotopic (exact) mass is 225 g/mol. The molecule has 0 spiro atoms. The fourth-order valence-electron chi connectivity index (χ4n) is 1.80. The number of fused-ring (bicyclic) bond motifs is 1. The molecular weight excluding hydrogens is 213 g/mol. The van der Waals surface area contributed by atoms with E-state index in [4.69, 9.17) is 15.6 Å². The normalized spacial score (nSPS) is 20.0. The molecule has 4 nitrogen and oxygen atoms in total. The number of ether oxygens (including phenoxy) is 1. The molecule has 0 amide bonds. The van der Waals surface area contributed by atoms with E-state index < -0.39 is 12.0 Å². The molecule has 3 N–H and O–H groups in total. The van der Waals surface area contributed by atoms with Crippen LogP contribution in [0.3, 0.4) is 0 Å². The van der Waals surface area contributed by atoms with Gasteiger partial charge in [-0.1, -0.05) is 0 Å². The Morgan fingerprint density at radius 1 is 1.69 bits per heavy atom. The summed E-state index contributed by atoms with van der Waals surface area (Å²) >= 11 is 0. The molecule has 0 bridgehead atoms. The molecule has 5 heteroatoms. The van der Waals surface area contributed by atoms with Gasteiger partial charge in [-0.05, 0) is 18.2 Å². The Labute approximate surface area is 91.8 Å². The van der Waals surface area contributed by atoms with E-state index in [1.165, 1.54) is 12.1 Å². The molecule has 1 unspecified atom stereocenters. The van der Waals surface area contributed by atoms with Crippen LogP contribution in [-0.2, 0) is 11.2 Å². The van der Waals surface area contributed by atoms with Gasteiger partial charge in [-0.2, -0.15) is 0 Å². The molecule has 0 fully saturated rings. The van der Waals surface area contributed by atoms with Crippen LogP contribution in [0.2, 0.25) is 0 Å². The molecule has 16 heavy (non-hydrogen) atoms. The highest BCUT2D eigenvalue weighted by Crippen LogP contribution is 2.30. The van der Waals surface area contributed by atoms with Crippen LogP contribution in [0.1, 0.15) is 12.0 Å². The van der Waals surface area contributed by atoms with Gasteiger partial charge in [0.05, 0.1) is 0 Å². The van der Waals surface area contributed by atoms with E-state index in [2.05, 4.69) is 0 Å². The van der Waals surface area contributed by atoms with Crippen LogP contribution in [0, 0.1) is 5.82 Å². The van der Waals surface area contributed by atoms with Gasteiger partial charge in [0.15, 0.2) is 0 Å². The minimum absolute atomic E-state index is 0.228. The van der Waals surface area contributed by atoms with Crippen LogP contribution >= 0.6 is 0 Å². The van der Waals surface area contributed by atoms with Crippen LogP contribution in [0.4, 0.5) is 4.39 Å². The van der Waals surface area contributed by atoms with Gasteiger partial charge in [0, 0.05) is 18.4 Å². The molecule has 0 aromatic heterocycles. The standard InChI is InChI=1S/C11H12FNO3/c12-7-1-2-10-6(3-7)4-8(16-10)5-9(13)11(14)15/h1-3,8-9H,4-5,13H2,(H,14,15)/t8?,9-/m0/s1. The molecule has 0 aliphatic carbocycles. The van der Waals surface area contributed by atoms with Crippen molar-refractivity contribution in [2.45, 2.75) is 25.0 Å². The van der Waals surface area contributed by atoms with Gasteiger partial charge in [0.1, 0.15) is 23.7 Å². The third-order valence-electron chi connectivity index (χ3n) is 2.60. The average molecular weight is 225 g/mol. The Kier molecular flexibility index (Phi) is 2.78. The van der Waals surface area contributed by atoms with E-state index in [9.17, 15) is 9.18 Å². The first-order chi connectivity index (χ1) is 7.56. The second kappa shape index (κ2) is 4.09. The first kappa shape index (κ1) is 10.9. The van der Waals surface area contributed by atoms with Gasteiger partial charge in [0.25, 0.3) is 0 Å². The summed E-state index contributed by atoms with van der Waals surface area (Å²) in [4.78, 5) is 10.6. The number of benzene rings is 1. The summed E-state index contributed by atoms with van der Waals surface area (Å²) in [6, 6.07) is 3.33. The van der Waals surface area contributed by atoms with Gasteiger partial charge in [-0.3, -0.25) is 4.79 Å². The van der Waals surface area contributed by atoms with Gasteiger partial charge < -0.3 is 15.6 Å². The highest BCUT2D eigenvalue weighted by molar-refractivity contribution is 5.73. The van der Waals surface area contributed by atoms with Crippen LogP contribution in [0.15, 0.2) is 18.2 Å². The molecule has 1 aromatic rings. The number of halogens is 1. The Morgan fingerprint density at radius 3 is 3.12 bits per heavy atom. The summed E-state index contributed by atoms with van der Waals surface area (Å²) < 4.78 is 18.4. The fourth-order valence-corrected chi connectivity index (χ4v) is 1.80. The average Bonchev–Trinajstić information content (AvgIpc) is 2.58. The number of nitrogens with two attached hydrogens (primary N) is 1. The number of aliphatic carboxylic acids is 1. The predicted octanol–water partition coefficient (Wildman–Crippen LogP) is 0.931. The fraction of sp³-hybridized carbons (Fsp3) is 0.364. The predicted molar refractivity (Wildman–Crippen MR) is 54.7 cm³/mol. The number of carbonyl (C=O) groups is 1. The summed E-state index contributed by atoms with van der Waals surface area (Å²) in [7, 11) is 0. The molecule has 1 aliphatic heterocycles. The first-order valence-electron chi connectivity index (χ1n) is 4.99. The van der Waals surface area contributed by atoms with Gasteiger partial charge in [0.2, 0.25) is 0 Å². The maximum atomic E-state index is 12.9. The van der Waals surface area contributed by atoms with Crippen molar-refractivity contribution in [3.63, 3.8) is 0 Å². The molecule has 2 atom stereocenters. The number of rotatable bonds is 3. The lowest BCUT2D eigenvalue weighted by Crippen LogP contribution is -2.35. The number of carboxylic acid groups (broad SMARTS) is 1. The second-order valence-corrected chi connectivity index (χ2v) is 3.88.